The first kappa shape index (κ1) is 16.2. The van der Waals surface area contributed by atoms with Crippen LogP contribution in [0, 0.1) is 0 Å². The SMILES string of the molecule is NC(=S)CS(=O)(=O)N(C1CCCCC1)C1CCCCC1. The largest absolute Gasteiger partial charge is 0.392 e. The van der Waals surface area contributed by atoms with Crippen LogP contribution in [0.25, 0.3) is 0 Å². The van der Waals surface area contributed by atoms with Gasteiger partial charge in [0.2, 0.25) is 10.0 Å². The van der Waals surface area contributed by atoms with E-state index < -0.39 is 10.0 Å². The summed E-state index contributed by atoms with van der Waals surface area (Å²) in [7, 11) is -3.35. The molecule has 6 heteroatoms. The Bertz CT molecular complexity index is 406. The predicted octanol–water partition coefficient (Wildman–Crippen LogP) is 2.57. The lowest BCUT2D eigenvalue weighted by molar-refractivity contribution is 0.170. The van der Waals surface area contributed by atoms with Crippen molar-refractivity contribution in [2.24, 2.45) is 5.73 Å². The zero-order chi connectivity index (χ0) is 14.6. The Labute approximate surface area is 128 Å². The van der Waals surface area contributed by atoms with Gasteiger partial charge in [-0.2, -0.15) is 4.31 Å². The van der Waals surface area contributed by atoms with E-state index in [1.807, 2.05) is 4.31 Å². The third-order valence-electron chi connectivity index (χ3n) is 4.52. The summed E-state index contributed by atoms with van der Waals surface area (Å²) >= 11 is 4.84. The maximum Gasteiger partial charge on any atom is 0.221 e. The Morgan fingerprint density at radius 1 is 0.950 bits per heavy atom. The molecule has 0 amide bonds. The number of thiocarbonyl (C=S) groups is 1. The van der Waals surface area contributed by atoms with Gasteiger partial charge < -0.3 is 5.73 Å². The molecule has 0 aromatic heterocycles. The van der Waals surface area contributed by atoms with Crippen LogP contribution < -0.4 is 5.73 Å². The van der Waals surface area contributed by atoms with Crippen LogP contribution in [0.5, 0.6) is 0 Å². The zero-order valence-corrected chi connectivity index (χ0v) is 13.7. The molecule has 0 saturated heterocycles. The van der Waals surface area contributed by atoms with E-state index in [0.717, 1.165) is 51.4 Å². The molecule has 0 radical (unpaired) electrons. The van der Waals surface area contributed by atoms with Crippen molar-refractivity contribution in [3.8, 4) is 0 Å². The van der Waals surface area contributed by atoms with Crippen molar-refractivity contribution in [2.75, 3.05) is 5.75 Å². The van der Waals surface area contributed by atoms with Gasteiger partial charge in [0.1, 0.15) is 5.75 Å². The second-order valence-electron chi connectivity index (χ2n) is 6.14. The van der Waals surface area contributed by atoms with E-state index in [1.54, 1.807) is 0 Å². The second kappa shape index (κ2) is 7.18. The highest BCUT2D eigenvalue weighted by Crippen LogP contribution is 2.32. The van der Waals surface area contributed by atoms with E-state index in [9.17, 15) is 8.42 Å². The van der Waals surface area contributed by atoms with Gasteiger partial charge in [-0.25, -0.2) is 8.42 Å². The van der Waals surface area contributed by atoms with Gasteiger partial charge in [0.05, 0.1) is 4.99 Å². The number of rotatable bonds is 5. The standard InChI is InChI=1S/C14H26N2O2S2/c15-14(19)11-20(17,18)16(12-7-3-1-4-8-12)13-9-5-2-6-10-13/h12-13H,1-11H2,(H2,15,19). The molecule has 2 aliphatic carbocycles. The minimum absolute atomic E-state index is 0.0848. The topological polar surface area (TPSA) is 63.4 Å². The van der Waals surface area contributed by atoms with Crippen LogP contribution in [-0.4, -0.2) is 35.5 Å². The Morgan fingerprint density at radius 3 is 1.70 bits per heavy atom. The van der Waals surface area contributed by atoms with Gasteiger partial charge in [-0.3, -0.25) is 0 Å². The molecule has 0 aliphatic heterocycles. The number of nitrogens with two attached hydrogens (primary N) is 1. The Morgan fingerprint density at radius 2 is 1.35 bits per heavy atom. The zero-order valence-electron chi connectivity index (χ0n) is 12.1. The second-order valence-corrected chi connectivity index (χ2v) is 8.53. The summed E-state index contributed by atoms with van der Waals surface area (Å²) in [6.45, 7) is 0. The highest BCUT2D eigenvalue weighted by molar-refractivity contribution is 7.92. The summed E-state index contributed by atoms with van der Waals surface area (Å²) in [5.41, 5.74) is 5.50. The van der Waals surface area contributed by atoms with Gasteiger partial charge in [0.25, 0.3) is 0 Å². The van der Waals surface area contributed by atoms with Crippen molar-refractivity contribution in [2.45, 2.75) is 76.3 Å². The first-order valence-electron chi connectivity index (χ1n) is 7.80. The fourth-order valence-electron chi connectivity index (χ4n) is 3.68. The molecule has 2 aliphatic rings. The summed E-state index contributed by atoms with van der Waals surface area (Å²) in [5, 5.41) is 0. The van der Waals surface area contributed by atoms with Gasteiger partial charge in [0.15, 0.2) is 0 Å². The molecule has 4 nitrogen and oxygen atoms in total. The van der Waals surface area contributed by atoms with Crippen LogP contribution in [-0.2, 0) is 10.0 Å². The van der Waals surface area contributed by atoms with E-state index >= 15 is 0 Å². The molecule has 0 spiro atoms. The molecular formula is C14H26N2O2S2. The third-order valence-corrected chi connectivity index (χ3v) is 6.76. The maximum absolute atomic E-state index is 12.7. The molecule has 0 bridgehead atoms. The van der Waals surface area contributed by atoms with Crippen LogP contribution >= 0.6 is 12.2 Å². The monoisotopic (exact) mass is 318 g/mol. The Kier molecular flexibility index (Phi) is 5.81. The summed E-state index contributed by atoms with van der Waals surface area (Å²) in [6, 6.07) is 0.345. The average molecular weight is 319 g/mol. The van der Waals surface area contributed by atoms with E-state index in [0.29, 0.717) is 0 Å². The predicted molar refractivity (Wildman–Crippen MR) is 86.2 cm³/mol. The minimum Gasteiger partial charge on any atom is -0.392 e. The number of sulfonamides is 1. The van der Waals surface area contributed by atoms with E-state index in [-0.39, 0.29) is 22.8 Å². The normalized spacial score (nSPS) is 23.1. The highest BCUT2D eigenvalue weighted by Gasteiger charge is 2.37. The Hall–Kier alpha value is -0.200. The number of nitrogens with zero attached hydrogens (tertiary/aromatic N) is 1. The number of hydrogen-bond donors (Lipinski definition) is 1. The molecule has 2 saturated carbocycles. The molecule has 116 valence electrons. The molecular weight excluding hydrogens is 292 g/mol. The van der Waals surface area contributed by atoms with Gasteiger partial charge >= 0.3 is 0 Å². The summed E-state index contributed by atoms with van der Waals surface area (Å²) in [4.78, 5) is 0.0848. The van der Waals surface area contributed by atoms with Crippen molar-refractivity contribution < 1.29 is 8.42 Å². The lowest BCUT2D eigenvalue weighted by Gasteiger charge is -2.40. The van der Waals surface area contributed by atoms with Gasteiger partial charge in [-0.15, -0.1) is 0 Å². The molecule has 0 aromatic carbocycles. The van der Waals surface area contributed by atoms with Crippen molar-refractivity contribution >= 4 is 27.2 Å². The lowest BCUT2D eigenvalue weighted by atomic mass is 9.91. The number of hydrogen-bond acceptors (Lipinski definition) is 3. The molecule has 0 atom stereocenters. The molecule has 2 N–H and O–H groups in total. The van der Waals surface area contributed by atoms with Crippen LogP contribution in [0.4, 0.5) is 0 Å². The van der Waals surface area contributed by atoms with Crippen LogP contribution in [0.3, 0.4) is 0 Å². The molecule has 0 heterocycles. The molecule has 2 rings (SSSR count). The summed E-state index contributed by atoms with van der Waals surface area (Å²) in [5.74, 6) is -0.171. The molecule has 20 heavy (non-hydrogen) atoms. The van der Waals surface area contributed by atoms with Gasteiger partial charge in [0, 0.05) is 12.1 Å². The van der Waals surface area contributed by atoms with Crippen LogP contribution in [0.2, 0.25) is 0 Å². The average Bonchev–Trinajstić information content (AvgIpc) is 2.39. The molecule has 0 aromatic rings. The fourth-order valence-corrected chi connectivity index (χ4v) is 5.96. The maximum atomic E-state index is 12.7. The van der Waals surface area contributed by atoms with E-state index in [2.05, 4.69) is 0 Å². The van der Waals surface area contributed by atoms with Crippen molar-refractivity contribution in [1.29, 1.82) is 0 Å². The van der Waals surface area contributed by atoms with Crippen molar-refractivity contribution in [3.63, 3.8) is 0 Å². The van der Waals surface area contributed by atoms with Crippen LogP contribution in [0.15, 0.2) is 0 Å². The molecule has 0 unspecified atom stereocenters. The van der Waals surface area contributed by atoms with Gasteiger partial charge in [-0.05, 0) is 25.7 Å². The van der Waals surface area contributed by atoms with Crippen molar-refractivity contribution in [1.82, 2.24) is 4.31 Å². The van der Waals surface area contributed by atoms with E-state index in [4.69, 9.17) is 18.0 Å². The third kappa shape index (κ3) is 4.15. The summed E-state index contributed by atoms with van der Waals surface area (Å²) < 4.78 is 27.2. The minimum atomic E-state index is -3.35. The smallest absolute Gasteiger partial charge is 0.221 e. The Balaban J connectivity index is 2.19. The first-order valence-corrected chi connectivity index (χ1v) is 9.82. The highest BCUT2D eigenvalue weighted by atomic mass is 32.2. The van der Waals surface area contributed by atoms with Crippen LogP contribution in [0.1, 0.15) is 64.2 Å². The van der Waals surface area contributed by atoms with Crippen molar-refractivity contribution in [3.05, 3.63) is 0 Å². The first-order chi connectivity index (χ1) is 9.50. The summed E-state index contributed by atoms with van der Waals surface area (Å²) in [6.07, 6.45) is 11.0. The van der Waals surface area contributed by atoms with Gasteiger partial charge in [-0.1, -0.05) is 50.7 Å². The van der Waals surface area contributed by atoms with E-state index in [1.165, 1.54) is 12.8 Å². The quantitative estimate of drug-likeness (QED) is 0.791. The fraction of sp³-hybridized carbons (Fsp3) is 0.929. The molecule has 2 fully saturated rings. The lowest BCUT2D eigenvalue weighted by Crippen LogP contribution is -2.50.